The highest BCUT2D eigenvalue weighted by atomic mass is 35.5. The number of nitrogens with one attached hydrogen (secondary N) is 3. The number of amides is 3. The summed E-state index contributed by atoms with van der Waals surface area (Å²) in [4.78, 5) is 36.9. The number of anilines is 2. The Morgan fingerprint density at radius 3 is 2.19 bits per heavy atom. The molecule has 0 saturated heterocycles. The van der Waals surface area contributed by atoms with E-state index < -0.39 is 17.7 Å². The molecule has 0 spiro atoms. The molecule has 0 aliphatic heterocycles. The number of nitrogens with zero attached hydrogens (tertiary/aromatic N) is 1. The molecule has 3 aromatic rings. The van der Waals surface area contributed by atoms with Crippen LogP contribution in [0, 0.1) is 0 Å². The topological polar surface area (TPSA) is 99.7 Å². The van der Waals surface area contributed by atoms with Gasteiger partial charge in [0.15, 0.2) is 0 Å². The highest BCUT2D eigenvalue weighted by Gasteiger charge is 2.17. The van der Waals surface area contributed by atoms with Crippen molar-refractivity contribution >= 4 is 58.5 Å². The van der Waals surface area contributed by atoms with Crippen LogP contribution in [0.15, 0.2) is 77.9 Å². The molecule has 7 nitrogen and oxygen atoms in total. The third kappa shape index (κ3) is 6.15. The summed E-state index contributed by atoms with van der Waals surface area (Å²) in [6, 6.07) is 19.7. The van der Waals surface area contributed by atoms with E-state index in [1.165, 1.54) is 18.3 Å². The predicted molar refractivity (Wildman–Crippen MR) is 122 cm³/mol. The van der Waals surface area contributed by atoms with E-state index in [-0.39, 0.29) is 11.3 Å². The Labute approximate surface area is 188 Å². The fraction of sp³-hybridized carbons (Fsp3) is 0. The van der Waals surface area contributed by atoms with Gasteiger partial charge >= 0.3 is 11.8 Å². The van der Waals surface area contributed by atoms with Crippen LogP contribution in [0.3, 0.4) is 0 Å². The van der Waals surface area contributed by atoms with Crippen molar-refractivity contribution in [3.05, 3.63) is 94.0 Å². The van der Waals surface area contributed by atoms with Gasteiger partial charge in [-0.15, -0.1) is 0 Å². The van der Waals surface area contributed by atoms with E-state index in [9.17, 15) is 14.4 Å². The largest absolute Gasteiger partial charge is 0.329 e. The van der Waals surface area contributed by atoms with E-state index in [0.29, 0.717) is 21.3 Å². The zero-order chi connectivity index (χ0) is 22.2. The molecule has 0 radical (unpaired) electrons. The Morgan fingerprint density at radius 2 is 1.45 bits per heavy atom. The van der Waals surface area contributed by atoms with Gasteiger partial charge in [0.2, 0.25) is 0 Å². The summed E-state index contributed by atoms with van der Waals surface area (Å²) in [5.74, 6) is -2.45. The number of hydrogen-bond acceptors (Lipinski definition) is 4. The Balaban J connectivity index is 1.64. The molecule has 0 aliphatic carbocycles. The monoisotopic (exact) mass is 454 g/mol. The average molecular weight is 455 g/mol. The Morgan fingerprint density at radius 1 is 0.774 bits per heavy atom. The first kappa shape index (κ1) is 22.0. The van der Waals surface area contributed by atoms with Gasteiger partial charge in [0.25, 0.3) is 5.91 Å². The number of halogens is 2. The summed E-state index contributed by atoms with van der Waals surface area (Å²) in [6.45, 7) is 0. The quantitative estimate of drug-likeness (QED) is 0.303. The van der Waals surface area contributed by atoms with Gasteiger partial charge in [-0.2, -0.15) is 5.10 Å². The summed E-state index contributed by atoms with van der Waals surface area (Å²) in [7, 11) is 0. The number of carbonyl (C=O) groups is 3. The summed E-state index contributed by atoms with van der Waals surface area (Å²) in [5, 5.41) is 9.83. The van der Waals surface area contributed by atoms with Crippen LogP contribution in [0.2, 0.25) is 10.0 Å². The molecular formula is C22H16Cl2N4O3. The van der Waals surface area contributed by atoms with Gasteiger partial charge in [-0.3, -0.25) is 14.4 Å². The average Bonchev–Trinajstić information content (AvgIpc) is 2.77. The second-order valence-corrected chi connectivity index (χ2v) is 7.03. The lowest BCUT2D eigenvalue weighted by Gasteiger charge is -2.11. The maximum atomic E-state index is 12.6. The molecular weight excluding hydrogens is 439 g/mol. The highest BCUT2D eigenvalue weighted by molar-refractivity contribution is 6.40. The van der Waals surface area contributed by atoms with Crippen molar-refractivity contribution in [2.45, 2.75) is 0 Å². The first-order valence-corrected chi connectivity index (χ1v) is 9.74. The van der Waals surface area contributed by atoms with Gasteiger partial charge in [-0.25, -0.2) is 5.43 Å². The van der Waals surface area contributed by atoms with Crippen LogP contribution < -0.4 is 16.1 Å². The Bertz CT molecular complexity index is 1150. The van der Waals surface area contributed by atoms with Gasteiger partial charge in [-0.1, -0.05) is 53.5 Å². The van der Waals surface area contributed by atoms with Crippen LogP contribution in [0.4, 0.5) is 11.4 Å². The second-order valence-electron chi connectivity index (χ2n) is 6.18. The molecule has 3 rings (SSSR count). The predicted octanol–water partition coefficient (Wildman–Crippen LogP) is 4.33. The SMILES string of the molecule is O=C(N/N=C/c1ccccc1Cl)C(=O)Nc1ccccc1C(=O)Nc1ccc(Cl)cc1. The van der Waals surface area contributed by atoms with E-state index in [1.54, 1.807) is 60.7 Å². The Kier molecular flexibility index (Phi) is 7.37. The molecule has 3 aromatic carbocycles. The minimum absolute atomic E-state index is 0.171. The van der Waals surface area contributed by atoms with Crippen molar-refractivity contribution < 1.29 is 14.4 Å². The van der Waals surface area contributed by atoms with Crippen LogP contribution in [-0.2, 0) is 9.59 Å². The lowest BCUT2D eigenvalue weighted by Crippen LogP contribution is -2.33. The first-order valence-electron chi connectivity index (χ1n) is 8.99. The van der Waals surface area contributed by atoms with Crippen molar-refractivity contribution in [2.75, 3.05) is 10.6 Å². The number of rotatable bonds is 5. The van der Waals surface area contributed by atoms with Crippen molar-refractivity contribution in [1.82, 2.24) is 5.43 Å². The van der Waals surface area contributed by atoms with Crippen LogP contribution in [0.1, 0.15) is 15.9 Å². The zero-order valence-electron chi connectivity index (χ0n) is 15.9. The van der Waals surface area contributed by atoms with Crippen LogP contribution in [-0.4, -0.2) is 23.9 Å². The van der Waals surface area contributed by atoms with E-state index in [4.69, 9.17) is 23.2 Å². The number of carbonyl (C=O) groups excluding carboxylic acids is 3. The fourth-order valence-corrected chi connectivity index (χ4v) is 2.80. The third-order valence-corrected chi connectivity index (χ3v) is 4.60. The van der Waals surface area contributed by atoms with Crippen molar-refractivity contribution in [3.8, 4) is 0 Å². The summed E-state index contributed by atoms with van der Waals surface area (Å²) in [6.07, 6.45) is 1.32. The van der Waals surface area contributed by atoms with Crippen LogP contribution >= 0.6 is 23.2 Å². The van der Waals surface area contributed by atoms with Gasteiger partial charge in [0.1, 0.15) is 0 Å². The molecule has 0 aromatic heterocycles. The van der Waals surface area contributed by atoms with E-state index in [1.807, 2.05) is 0 Å². The molecule has 0 atom stereocenters. The van der Waals surface area contributed by atoms with Gasteiger partial charge in [0.05, 0.1) is 17.5 Å². The zero-order valence-corrected chi connectivity index (χ0v) is 17.4. The van der Waals surface area contributed by atoms with E-state index in [0.717, 1.165) is 0 Å². The minimum atomic E-state index is -1.00. The van der Waals surface area contributed by atoms with Crippen molar-refractivity contribution in [1.29, 1.82) is 0 Å². The lowest BCUT2D eigenvalue weighted by atomic mass is 10.1. The smallest absolute Gasteiger partial charge is 0.322 e. The maximum absolute atomic E-state index is 12.6. The molecule has 0 aliphatic rings. The van der Waals surface area contributed by atoms with Gasteiger partial charge in [0, 0.05) is 21.3 Å². The number of benzene rings is 3. The third-order valence-electron chi connectivity index (χ3n) is 4.00. The molecule has 31 heavy (non-hydrogen) atoms. The fourth-order valence-electron chi connectivity index (χ4n) is 2.49. The maximum Gasteiger partial charge on any atom is 0.329 e. The van der Waals surface area contributed by atoms with Crippen molar-refractivity contribution in [3.63, 3.8) is 0 Å². The highest BCUT2D eigenvalue weighted by Crippen LogP contribution is 2.19. The first-order chi connectivity index (χ1) is 14.9. The molecule has 3 N–H and O–H groups in total. The molecule has 0 heterocycles. The Hall–Kier alpha value is -3.68. The van der Waals surface area contributed by atoms with E-state index >= 15 is 0 Å². The van der Waals surface area contributed by atoms with Gasteiger partial charge < -0.3 is 10.6 Å². The molecule has 0 bridgehead atoms. The van der Waals surface area contributed by atoms with Gasteiger partial charge in [-0.05, 0) is 42.5 Å². The van der Waals surface area contributed by atoms with Crippen molar-refractivity contribution in [2.24, 2.45) is 5.10 Å². The summed E-state index contributed by atoms with van der Waals surface area (Å²) < 4.78 is 0. The lowest BCUT2D eigenvalue weighted by molar-refractivity contribution is -0.136. The molecule has 0 fully saturated rings. The summed E-state index contributed by atoms with van der Waals surface area (Å²) in [5.41, 5.74) is 3.58. The molecule has 0 unspecified atom stereocenters. The summed E-state index contributed by atoms with van der Waals surface area (Å²) >= 11 is 11.8. The normalized spacial score (nSPS) is 10.5. The van der Waals surface area contributed by atoms with E-state index in [2.05, 4.69) is 21.2 Å². The molecule has 0 saturated carbocycles. The number of hydrogen-bond donors (Lipinski definition) is 3. The van der Waals surface area contributed by atoms with Crippen LogP contribution in [0.25, 0.3) is 0 Å². The molecule has 156 valence electrons. The number of hydrazone groups is 1. The molecule has 3 amide bonds. The van der Waals surface area contributed by atoms with Crippen LogP contribution in [0.5, 0.6) is 0 Å². The standard InChI is InChI=1S/C22H16Cl2N4O3/c23-15-9-11-16(12-10-15)26-20(29)17-6-2-4-8-19(17)27-21(30)22(31)28-25-13-14-5-1-3-7-18(14)24/h1-13H,(H,26,29)(H,27,30)(H,28,31)/b25-13+. The minimum Gasteiger partial charge on any atom is -0.322 e. The number of para-hydroxylation sites is 1. The second kappa shape index (κ2) is 10.4. The molecule has 9 heteroatoms.